The fourth-order valence-corrected chi connectivity index (χ4v) is 3.12. The van der Waals surface area contributed by atoms with Gasteiger partial charge in [0.05, 0.1) is 12.6 Å². The van der Waals surface area contributed by atoms with Gasteiger partial charge in [-0.3, -0.25) is 4.79 Å². The van der Waals surface area contributed by atoms with Crippen LogP contribution >= 0.6 is 22.6 Å². The van der Waals surface area contributed by atoms with E-state index in [1.165, 1.54) is 14.7 Å². The SMILES string of the molecule is O=C1CNC[C@H]2c3cc(I)ccc3CCN12. The van der Waals surface area contributed by atoms with Gasteiger partial charge < -0.3 is 10.2 Å². The molecule has 0 spiro atoms. The molecule has 1 saturated heterocycles. The van der Waals surface area contributed by atoms with Crippen molar-refractivity contribution in [3.05, 3.63) is 32.9 Å². The molecule has 2 aliphatic heterocycles. The van der Waals surface area contributed by atoms with Crippen LogP contribution in [0.4, 0.5) is 0 Å². The van der Waals surface area contributed by atoms with E-state index in [1.54, 1.807) is 0 Å². The van der Waals surface area contributed by atoms with Crippen LogP contribution in [0.2, 0.25) is 0 Å². The number of amides is 1. The molecule has 3 rings (SSSR count). The van der Waals surface area contributed by atoms with Gasteiger partial charge in [0.15, 0.2) is 0 Å². The summed E-state index contributed by atoms with van der Waals surface area (Å²) in [7, 11) is 0. The average molecular weight is 328 g/mol. The van der Waals surface area contributed by atoms with Gasteiger partial charge >= 0.3 is 0 Å². The molecular formula is C12H13IN2O. The number of piperazine rings is 1. The molecule has 2 heterocycles. The third kappa shape index (κ3) is 1.64. The maximum absolute atomic E-state index is 11.8. The molecule has 1 atom stereocenters. The summed E-state index contributed by atoms with van der Waals surface area (Å²) in [5.41, 5.74) is 2.73. The summed E-state index contributed by atoms with van der Waals surface area (Å²) >= 11 is 2.33. The second-order valence-corrected chi connectivity index (χ2v) is 5.57. The number of rotatable bonds is 0. The van der Waals surface area contributed by atoms with Crippen LogP contribution in [-0.2, 0) is 11.2 Å². The Morgan fingerprint density at radius 3 is 3.19 bits per heavy atom. The second kappa shape index (κ2) is 4.00. The number of nitrogens with zero attached hydrogens (tertiary/aromatic N) is 1. The van der Waals surface area contributed by atoms with E-state index in [0.717, 1.165) is 19.5 Å². The summed E-state index contributed by atoms with van der Waals surface area (Å²) in [6.45, 7) is 2.26. The lowest BCUT2D eigenvalue weighted by Gasteiger charge is -2.40. The third-order valence-corrected chi connectivity index (χ3v) is 4.07. The maximum atomic E-state index is 11.8. The molecule has 0 radical (unpaired) electrons. The van der Waals surface area contributed by atoms with Crippen LogP contribution in [0.1, 0.15) is 17.2 Å². The Bertz CT molecular complexity index is 447. The van der Waals surface area contributed by atoms with Gasteiger partial charge in [-0.15, -0.1) is 0 Å². The summed E-state index contributed by atoms with van der Waals surface area (Å²) in [5.74, 6) is 0.237. The molecule has 16 heavy (non-hydrogen) atoms. The predicted molar refractivity (Wildman–Crippen MR) is 70.2 cm³/mol. The van der Waals surface area contributed by atoms with Crippen LogP contribution in [0.15, 0.2) is 18.2 Å². The number of nitrogens with one attached hydrogen (secondary N) is 1. The Hall–Kier alpha value is -0.620. The number of carbonyl (C=O) groups is 1. The van der Waals surface area contributed by atoms with E-state index in [0.29, 0.717) is 6.54 Å². The van der Waals surface area contributed by atoms with Gasteiger partial charge in [-0.05, 0) is 52.3 Å². The smallest absolute Gasteiger partial charge is 0.237 e. The number of hydrogen-bond acceptors (Lipinski definition) is 2. The first-order valence-corrected chi connectivity index (χ1v) is 6.62. The first-order chi connectivity index (χ1) is 7.75. The maximum Gasteiger partial charge on any atom is 0.237 e. The minimum Gasteiger partial charge on any atom is -0.333 e. The summed E-state index contributed by atoms with van der Waals surface area (Å²) in [5, 5.41) is 3.20. The Morgan fingerprint density at radius 1 is 1.44 bits per heavy atom. The van der Waals surface area contributed by atoms with Crippen molar-refractivity contribution in [2.45, 2.75) is 12.5 Å². The lowest BCUT2D eigenvalue weighted by atomic mass is 9.91. The highest BCUT2D eigenvalue weighted by Crippen LogP contribution is 2.31. The zero-order chi connectivity index (χ0) is 11.1. The van der Waals surface area contributed by atoms with Gasteiger partial charge in [-0.1, -0.05) is 6.07 Å². The standard InChI is InChI=1S/C12H13IN2O/c13-9-2-1-8-3-4-15-11(10(8)5-9)6-14-7-12(15)16/h1-2,5,11,14H,3-4,6-7H2/t11-/m0/s1. The fraction of sp³-hybridized carbons (Fsp3) is 0.417. The molecule has 3 nitrogen and oxygen atoms in total. The fourth-order valence-electron chi connectivity index (χ4n) is 2.60. The second-order valence-electron chi connectivity index (χ2n) is 4.33. The van der Waals surface area contributed by atoms with Gasteiger partial charge in [0.25, 0.3) is 0 Å². The molecule has 0 bridgehead atoms. The third-order valence-electron chi connectivity index (χ3n) is 3.40. The largest absolute Gasteiger partial charge is 0.333 e. The van der Waals surface area contributed by atoms with Crippen molar-refractivity contribution in [3.8, 4) is 0 Å². The molecule has 4 heteroatoms. The normalized spacial score (nSPS) is 23.9. The van der Waals surface area contributed by atoms with E-state index in [1.807, 2.05) is 4.90 Å². The van der Waals surface area contributed by atoms with Crippen LogP contribution in [0.5, 0.6) is 0 Å². The Kier molecular flexibility index (Phi) is 2.63. The average Bonchev–Trinajstić information content (AvgIpc) is 2.29. The van der Waals surface area contributed by atoms with Gasteiger partial charge in [-0.2, -0.15) is 0 Å². The highest BCUT2D eigenvalue weighted by atomic mass is 127. The molecule has 1 fully saturated rings. The van der Waals surface area contributed by atoms with E-state index in [4.69, 9.17) is 0 Å². The molecule has 0 unspecified atom stereocenters. The quantitative estimate of drug-likeness (QED) is 0.729. The molecule has 0 aromatic heterocycles. The van der Waals surface area contributed by atoms with Crippen LogP contribution in [0.3, 0.4) is 0 Å². The number of fused-ring (bicyclic) bond motifs is 3. The molecule has 2 aliphatic rings. The number of hydrogen-bond donors (Lipinski definition) is 1. The molecular weight excluding hydrogens is 315 g/mol. The summed E-state index contributed by atoms with van der Waals surface area (Å²) in [4.78, 5) is 13.8. The number of benzene rings is 1. The Morgan fingerprint density at radius 2 is 2.31 bits per heavy atom. The van der Waals surface area contributed by atoms with Gasteiger partial charge in [0.2, 0.25) is 5.91 Å². The minimum atomic E-state index is 0.237. The molecule has 1 aromatic carbocycles. The van der Waals surface area contributed by atoms with Crippen LogP contribution in [-0.4, -0.2) is 30.4 Å². The lowest BCUT2D eigenvalue weighted by molar-refractivity contribution is -0.135. The van der Waals surface area contributed by atoms with E-state index < -0.39 is 0 Å². The molecule has 84 valence electrons. The van der Waals surface area contributed by atoms with Crippen molar-refractivity contribution >= 4 is 28.5 Å². The van der Waals surface area contributed by atoms with E-state index in [-0.39, 0.29) is 11.9 Å². The zero-order valence-electron chi connectivity index (χ0n) is 8.87. The number of carbonyl (C=O) groups excluding carboxylic acids is 1. The first kappa shape index (κ1) is 10.5. The molecule has 1 N–H and O–H groups in total. The molecule has 1 aromatic rings. The van der Waals surface area contributed by atoms with Crippen molar-refractivity contribution in [2.24, 2.45) is 0 Å². The van der Waals surface area contributed by atoms with Crippen LogP contribution < -0.4 is 5.32 Å². The van der Waals surface area contributed by atoms with Gasteiger partial charge in [0, 0.05) is 16.7 Å². The Balaban J connectivity index is 2.04. The highest BCUT2D eigenvalue weighted by molar-refractivity contribution is 14.1. The minimum absolute atomic E-state index is 0.237. The van der Waals surface area contributed by atoms with E-state index in [2.05, 4.69) is 46.1 Å². The highest BCUT2D eigenvalue weighted by Gasteiger charge is 2.33. The molecule has 0 saturated carbocycles. The van der Waals surface area contributed by atoms with E-state index >= 15 is 0 Å². The summed E-state index contributed by atoms with van der Waals surface area (Å²) in [6, 6.07) is 6.81. The summed E-state index contributed by atoms with van der Waals surface area (Å²) in [6.07, 6.45) is 0.995. The lowest BCUT2D eigenvalue weighted by Crippen LogP contribution is -2.52. The van der Waals surface area contributed by atoms with Gasteiger partial charge in [-0.25, -0.2) is 0 Å². The Labute approximate surface area is 108 Å². The zero-order valence-corrected chi connectivity index (χ0v) is 11.0. The van der Waals surface area contributed by atoms with Crippen LogP contribution in [0, 0.1) is 3.57 Å². The van der Waals surface area contributed by atoms with E-state index in [9.17, 15) is 4.79 Å². The monoisotopic (exact) mass is 328 g/mol. The van der Waals surface area contributed by atoms with Gasteiger partial charge in [0.1, 0.15) is 0 Å². The molecule has 0 aliphatic carbocycles. The van der Waals surface area contributed by atoms with Crippen LogP contribution in [0.25, 0.3) is 0 Å². The predicted octanol–water partition coefficient (Wildman–Crippen LogP) is 1.32. The van der Waals surface area contributed by atoms with Crippen molar-refractivity contribution in [2.75, 3.05) is 19.6 Å². The van der Waals surface area contributed by atoms with Crippen molar-refractivity contribution in [1.82, 2.24) is 10.2 Å². The van der Waals surface area contributed by atoms with Crippen molar-refractivity contribution < 1.29 is 4.79 Å². The van der Waals surface area contributed by atoms with Crippen molar-refractivity contribution in [3.63, 3.8) is 0 Å². The van der Waals surface area contributed by atoms with Crippen molar-refractivity contribution in [1.29, 1.82) is 0 Å². The number of halogens is 1. The topological polar surface area (TPSA) is 32.3 Å². The molecule has 1 amide bonds. The first-order valence-electron chi connectivity index (χ1n) is 5.54. The summed E-state index contributed by atoms with van der Waals surface area (Å²) < 4.78 is 1.25.